The number of nitrogens with zero attached hydrogens (tertiary/aromatic N) is 2. The molecule has 2 nitrogen and oxygen atoms in total. The van der Waals surface area contributed by atoms with Gasteiger partial charge in [0.1, 0.15) is 5.82 Å². The minimum atomic E-state index is 0.939. The molecule has 0 radical (unpaired) electrons. The van der Waals surface area contributed by atoms with Gasteiger partial charge in [-0.05, 0) is 118 Å². The molecular weight excluding hydrogens is 569 g/mol. The Morgan fingerprint density at radius 2 is 1.47 bits per heavy atom. The third-order valence-corrected chi connectivity index (χ3v) is 8.98. The van der Waals surface area contributed by atoms with Crippen LogP contribution in [0, 0.1) is 19.3 Å². The second-order valence-electron chi connectivity index (χ2n) is 11.8. The summed E-state index contributed by atoms with van der Waals surface area (Å²) in [7, 11) is 0. The van der Waals surface area contributed by atoms with Crippen molar-refractivity contribution in [2.24, 2.45) is 0 Å². The van der Waals surface area contributed by atoms with Crippen LogP contribution in [0.1, 0.15) is 37.2 Å². The molecular formula is C45H36N2. The highest BCUT2D eigenvalue weighted by Gasteiger charge is 2.19. The molecule has 7 rings (SSSR count). The van der Waals surface area contributed by atoms with E-state index in [1.165, 1.54) is 43.8 Å². The van der Waals surface area contributed by atoms with Gasteiger partial charge in [0, 0.05) is 11.3 Å². The maximum Gasteiger partial charge on any atom is 0.145 e. The lowest BCUT2D eigenvalue weighted by molar-refractivity contribution is 1.06. The van der Waals surface area contributed by atoms with Gasteiger partial charge in [0.15, 0.2) is 0 Å². The zero-order valence-corrected chi connectivity index (χ0v) is 27.0. The van der Waals surface area contributed by atoms with Crippen LogP contribution in [-0.4, -0.2) is 9.55 Å². The summed E-state index contributed by atoms with van der Waals surface area (Å²) >= 11 is 0. The maximum absolute atomic E-state index is 5.77. The average molecular weight is 605 g/mol. The van der Waals surface area contributed by atoms with Crippen LogP contribution in [0.5, 0.6) is 0 Å². The monoisotopic (exact) mass is 604 g/mol. The van der Waals surface area contributed by atoms with Gasteiger partial charge in [-0.2, -0.15) is 0 Å². The molecule has 6 aromatic carbocycles. The smallest absolute Gasteiger partial charge is 0.145 e. The predicted octanol–water partition coefficient (Wildman–Crippen LogP) is 12.0. The number of rotatable bonds is 7. The van der Waals surface area contributed by atoms with Gasteiger partial charge in [-0.15, -0.1) is 6.42 Å². The van der Waals surface area contributed by atoms with Crippen LogP contribution in [0.3, 0.4) is 0 Å². The van der Waals surface area contributed by atoms with E-state index < -0.39 is 0 Å². The van der Waals surface area contributed by atoms with E-state index in [4.69, 9.17) is 11.4 Å². The number of allylic oxidation sites excluding steroid dienone is 5. The summed E-state index contributed by atoms with van der Waals surface area (Å²) < 4.78 is 2.27. The van der Waals surface area contributed by atoms with Crippen molar-refractivity contribution in [3.05, 3.63) is 157 Å². The van der Waals surface area contributed by atoms with Crippen LogP contribution in [0.2, 0.25) is 0 Å². The normalized spacial score (nSPS) is 12.2. The van der Waals surface area contributed by atoms with Gasteiger partial charge >= 0.3 is 0 Å². The Morgan fingerprint density at radius 3 is 2.21 bits per heavy atom. The van der Waals surface area contributed by atoms with E-state index in [9.17, 15) is 0 Å². The van der Waals surface area contributed by atoms with Crippen LogP contribution < -0.4 is 0 Å². The number of fused-ring (bicyclic) bond motifs is 3. The van der Waals surface area contributed by atoms with Crippen LogP contribution in [0.4, 0.5) is 0 Å². The largest absolute Gasteiger partial charge is 0.292 e. The van der Waals surface area contributed by atoms with Gasteiger partial charge < -0.3 is 0 Å². The Kier molecular flexibility index (Phi) is 8.13. The number of aromatic nitrogens is 2. The van der Waals surface area contributed by atoms with Gasteiger partial charge in [-0.25, -0.2) is 4.98 Å². The molecule has 0 saturated heterocycles. The van der Waals surface area contributed by atoms with E-state index in [2.05, 4.69) is 165 Å². The van der Waals surface area contributed by atoms with Crippen molar-refractivity contribution in [1.82, 2.24) is 9.55 Å². The molecule has 7 aromatic rings. The molecule has 2 heteroatoms. The van der Waals surface area contributed by atoms with Crippen molar-refractivity contribution in [3.63, 3.8) is 0 Å². The molecule has 1 aromatic heterocycles. The first kappa shape index (κ1) is 29.8. The van der Waals surface area contributed by atoms with E-state index in [0.717, 1.165) is 45.7 Å². The molecule has 0 bridgehead atoms. The van der Waals surface area contributed by atoms with E-state index in [-0.39, 0.29) is 0 Å². The highest BCUT2D eigenvalue weighted by Crippen LogP contribution is 2.43. The molecule has 0 fully saturated rings. The third-order valence-electron chi connectivity index (χ3n) is 8.98. The third kappa shape index (κ3) is 5.37. The van der Waals surface area contributed by atoms with Gasteiger partial charge in [0.05, 0.1) is 11.0 Å². The summed E-state index contributed by atoms with van der Waals surface area (Å²) in [5.74, 6) is 3.67. The summed E-state index contributed by atoms with van der Waals surface area (Å²) in [6.45, 7) is 6.44. The SMILES string of the molecule is C#C/C=C\c1c(C)c(-c2ccc(-n3c(C(/C=C\CC)=C/C)nc4ccccc43)cc2)c2ccccc2c1-c1ccc2ccccc2c1. The quantitative estimate of drug-likeness (QED) is 0.131. The Hall–Kier alpha value is -5.91. The van der Waals surface area contributed by atoms with Crippen LogP contribution in [0.25, 0.3) is 72.2 Å². The van der Waals surface area contributed by atoms with Crippen LogP contribution in [-0.2, 0) is 0 Å². The fraction of sp³-hybridized carbons (Fsp3) is 0.0889. The van der Waals surface area contributed by atoms with Crippen molar-refractivity contribution < 1.29 is 0 Å². The minimum absolute atomic E-state index is 0.939. The van der Waals surface area contributed by atoms with Crippen LogP contribution in [0.15, 0.2) is 140 Å². The van der Waals surface area contributed by atoms with Gasteiger partial charge in [0.2, 0.25) is 0 Å². The number of para-hydroxylation sites is 2. The van der Waals surface area contributed by atoms with Crippen molar-refractivity contribution in [2.45, 2.75) is 27.2 Å². The number of imidazole rings is 1. The molecule has 0 aliphatic heterocycles. The Bertz CT molecular complexity index is 2410. The number of terminal acetylenes is 1. The lowest BCUT2D eigenvalue weighted by Crippen LogP contribution is -2.01. The fourth-order valence-corrected chi connectivity index (χ4v) is 6.76. The summed E-state index contributed by atoms with van der Waals surface area (Å²) in [5.41, 5.74) is 11.3. The highest BCUT2D eigenvalue weighted by atomic mass is 15.1. The molecule has 0 saturated carbocycles. The first-order chi connectivity index (χ1) is 23.1. The number of hydrogen-bond donors (Lipinski definition) is 0. The van der Waals surface area contributed by atoms with Crippen molar-refractivity contribution >= 4 is 44.2 Å². The second kappa shape index (κ2) is 12.8. The molecule has 47 heavy (non-hydrogen) atoms. The molecule has 0 spiro atoms. The molecule has 0 unspecified atom stereocenters. The first-order valence-corrected chi connectivity index (χ1v) is 16.2. The molecule has 226 valence electrons. The molecule has 0 atom stereocenters. The molecule has 0 amide bonds. The van der Waals surface area contributed by atoms with Crippen molar-refractivity contribution in [2.75, 3.05) is 0 Å². The molecule has 0 N–H and O–H groups in total. The number of benzene rings is 6. The Labute approximate surface area is 277 Å². The van der Waals surface area contributed by atoms with E-state index in [0.29, 0.717) is 0 Å². The second-order valence-corrected chi connectivity index (χ2v) is 11.8. The van der Waals surface area contributed by atoms with Crippen LogP contribution >= 0.6 is 0 Å². The molecule has 1 heterocycles. The van der Waals surface area contributed by atoms with Crippen molar-refractivity contribution in [3.8, 4) is 40.3 Å². The Balaban J connectivity index is 1.43. The summed E-state index contributed by atoms with van der Waals surface area (Å²) in [6, 6.07) is 41.2. The number of hydrogen-bond acceptors (Lipinski definition) is 1. The minimum Gasteiger partial charge on any atom is -0.292 e. The van der Waals surface area contributed by atoms with E-state index in [1.807, 2.05) is 12.1 Å². The summed E-state index contributed by atoms with van der Waals surface area (Å²) in [6.07, 6.45) is 17.1. The maximum atomic E-state index is 5.77. The standard InChI is InChI=1S/C45H36N2/c1-5-8-16-32(7-3)45-46-41-22-14-15-23-42(41)47(45)37-28-26-34(27-29-37)43-31(4)38(19-9-6-2)44(40-21-13-12-20-39(40)43)36-25-24-33-17-10-11-18-35(33)30-36/h2,7-30H,5H2,1,3-4H3/b16-8-,19-9-,32-7+. The lowest BCUT2D eigenvalue weighted by atomic mass is 9.83. The zero-order chi connectivity index (χ0) is 32.3. The van der Waals surface area contributed by atoms with Gasteiger partial charge in [0.25, 0.3) is 0 Å². The lowest BCUT2D eigenvalue weighted by Gasteiger charge is -2.20. The fourth-order valence-electron chi connectivity index (χ4n) is 6.76. The van der Waals surface area contributed by atoms with E-state index >= 15 is 0 Å². The molecule has 0 aliphatic carbocycles. The first-order valence-electron chi connectivity index (χ1n) is 16.2. The average Bonchev–Trinajstić information content (AvgIpc) is 3.50. The highest BCUT2D eigenvalue weighted by molar-refractivity contribution is 6.10. The van der Waals surface area contributed by atoms with Crippen molar-refractivity contribution in [1.29, 1.82) is 0 Å². The van der Waals surface area contributed by atoms with E-state index in [1.54, 1.807) is 0 Å². The van der Waals surface area contributed by atoms with Gasteiger partial charge in [-0.3, -0.25) is 4.57 Å². The summed E-state index contributed by atoms with van der Waals surface area (Å²) in [5, 5.41) is 4.86. The zero-order valence-electron chi connectivity index (χ0n) is 27.0. The molecule has 0 aliphatic rings. The predicted molar refractivity (Wildman–Crippen MR) is 203 cm³/mol. The topological polar surface area (TPSA) is 17.8 Å². The van der Waals surface area contributed by atoms with Gasteiger partial charge in [-0.1, -0.05) is 116 Å². The summed E-state index contributed by atoms with van der Waals surface area (Å²) in [4.78, 5) is 5.07. The Morgan fingerprint density at radius 1 is 0.787 bits per heavy atom.